The van der Waals surface area contributed by atoms with E-state index in [1.807, 2.05) is 6.07 Å². The molecule has 2 N–H and O–H groups in total. The number of rotatable bonds is 3. The normalized spacial score (nSPS) is 19.9. The minimum Gasteiger partial charge on any atom is -0.508 e. The second-order valence-electron chi connectivity index (χ2n) is 4.24. The molecule has 1 heterocycles. The fourth-order valence-electron chi connectivity index (χ4n) is 1.92. The zero-order chi connectivity index (χ0) is 12.1. The van der Waals surface area contributed by atoms with Gasteiger partial charge in [0.2, 0.25) is 5.91 Å². The third-order valence-corrected chi connectivity index (χ3v) is 4.23. The van der Waals surface area contributed by atoms with Crippen LogP contribution in [0.15, 0.2) is 24.3 Å². The van der Waals surface area contributed by atoms with Crippen molar-refractivity contribution in [2.75, 3.05) is 5.75 Å². The molecule has 0 bridgehead atoms. The fourth-order valence-corrected chi connectivity index (χ4v) is 3.14. The second-order valence-corrected chi connectivity index (χ2v) is 5.55. The highest BCUT2D eigenvalue weighted by atomic mass is 32.2. The maximum atomic E-state index is 11.9. The Kier molecular flexibility index (Phi) is 4.31. The summed E-state index contributed by atoms with van der Waals surface area (Å²) in [6.45, 7) is 0.490. The molecule has 1 aliphatic rings. The quantitative estimate of drug-likeness (QED) is 0.866. The molecule has 3 nitrogen and oxygen atoms in total. The molecule has 2 rings (SSSR count). The van der Waals surface area contributed by atoms with Crippen LogP contribution in [-0.4, -0.2) is 22.0 Å². The molecule has 1 atom stereocenters. The smallest absolute Gasteiger partial charge is 0.233 e. The number of aromatic hydroxyl groups is 1. The van der Waals surface area contributed by atoms with E-state index in [9.17, 15) is 9.90 Å². The average molecular weight is 251 g/mol. The highest BCUT2D eigenvalue weighted by Crippen LogP contribution is 2.25. The number of hydrogen-bond donors (Lipinski definition) is 2. The molecule has 1 unspecified atom stereocenters. The minimum atomic E-state index is 0.112. The number of thioether (sulfide) groups is 1. The largest absolute Gasteiger partial charge is 0.508 e. The van der Waals surface area contributed by atoms with E-state index in [1.54, 1.807) is 30.0 Å². The Balaban J connectivity index is 1.83. The summed E-state index contributed by atoms with van der Waals surface area (Å²) in [5.74, 6) is 1.45. The molecule has 4 heteroatoms. The predicted octanol–water partition coefficient (Wildman–Crippen LogP) is 2.29. The van der Waals surface area contributed by atoms with Crippen LogP contribution in [0, 0.1) is 0 Å². The summed E-state index contributed by atoms with van der Waals surface area (Å²) in [6, 6.07) is 6.98. The first-order valence-corrected chi connectivity index (χ1v) is 6.98. The van der Waals surface area contributed by atoms with Gasteiger partial charge in [0, 0.05) is 6.54 Å². The van der Waals surface area contributed by atoms with Gasteiger partial charge in [-0.05, 0) is 36.3 Å². The molecule has 0 aromatic heterocycles. The van der Waals surface area contributed by atoms with Crippen molar-refractivity contribution in [3.05, 3.63) is 29.8 Å². The molecule has 17 heavy (non-hydrogen) atoms. The lowest BCUT2D eigenvalue weighted by molar-refractivity contribution is -0.120. The van der Waals surface area contributed by atoms with Crippen molar-refractivity contribution >= 4 is 17.7 Å². The van der Waals surface area contributed by atoms with Crippen molar-refractivity contribution in [2.45, 2.75) is 31.1 Å². The van der Waals surface area contributed by atoms with Gasteiger partial charge in [0.25, 0.3) is 0 Å². The van der Waals surface area contributed by atoms with Gasteiger partial charge in [-0.15, -0.1) is 11.8 Å². The van der Waals surface area contributed by atoms with Crippen LogP contribution in [-0.2, 0) is 11.3 Å². The summed E-state index contributed by atoms with van der Waals surface area (Å²) < 4.78 is 0. The summed E-state index contributed by atoms with van der Waals surface area (Å²) >= 11 is 1.75. The summed E-state index contributed by atoms with van der Waals surface area (Å²) in [5, 5.41) is 12.3. The minimum absolute atomic E-state index is 0.112. The molecule has 0 radical (unpaired) electrons. The standard InChI is InChI=1S/C13H17NO2S/c15-11-5-3-4-10(8-11)9-14-13(16)12-6-1-2-7-17-12/h3-5,8,12,15H,1-2,6-7,9H2,(H,14,16). The summed E-state index contributed by atoms with van der Waals surface area (Å²) in [5.41, 5.74) is 0.930. The number of carbonyl (C=O) groups excluding carboxylic acids is 1. The maximum Gasteiger partial charge on any atom is 0.233 e. The molecule has 1 aromatic carbocycles. The molecular weight excluding hydrogens is 234 g/mol. The molecule has 92 valence electrons. The van der Waals surface area contributed by atoms with Gasteiger partial charge in [-0.2, -0.15) is 0 Å². The predicted molar refractivity (Wildman–Crippen MR) is 70.1 cm³/mol. The van der Waals surface area contributed by atoms with Crippen LogP contribution in [0.25, 0.3) is 0 Å². The summed E-state index contributed by atoms with van der Waals surface area (Å²) in [4.78, 5) is 11.9. The van der Waals surface area contributed by atoms with Crippen LogP contribution >= 0.6 is 11.8 Å². The van der Waals surface area contributed by atoms with Crippen LogP contribution in [0.1, 0.15) is 24.8 Å². The van der Waals surface area contributed by atoms with E-state index in [-0.39, 0.29) is 16.9 Å². The Bertz CT molecular complexity index is 389. The van der Waals surface area contributed by atoms with Gasteiger partial charge >= 0.3 is 0 Å². The zero-order valence-corrected chi connectivity index (χ0v) is 10.5. The average Bonchev–Trinajstić information content (AvgIpc) is 2.37. The topological polar surface area (TPSA) is 49.3 Å². The second kappa shape index (κ2) is 5.96. The first-order chi connectivity index (χ1) is 8.25. The van der Waals surface area contributed by atoms with Gasteiger partial charge < -0.3 is 10.4 Å². The Hall–Kier alpha value is -1.16. The third kappa shape index (κ3) is 3.66. The number of nitrogens with one attached hydrogen (secondary N) is 1. The number of phenolic OH excluding ortho intramolecular Hbond substituents is 1. The molecule has 1 saturated heterocycles. The summed E-state index contributed by atoms with van der Waals surface area (Å²) in [6.07, 6.45) is 3.36. The van der Waals surface area contributed by atoms with Crippen molar-refractivity contribution in [1.29, 1.82) is 0 Å². The number of hydrogen-bond acceptors (Lipinski definition) is 3. The highest BCUT2D eigenvalue weighted by Gasteiger charge is 2.21. The van der Waals surface area contributed by atoms with Gasteiger partial charge in [-0.1, -0.05) is 18.6 Å². The fraction of sp³-hybridized carbons (Fsp3) is 0.462. The van der Waals surface area contributed by atoms with Crippen LogP contribution in [0.2, 0.25) is 0 Å². The van der Waals surface area contributed by atoms with Gasteiger partial charge in [0.1, 0.15) is 5.75 Å². The lowest BCUT2D eigenvalue weighted by Gasteiger charge is -2.20. The lowest BCUT2D eigenvalue weighted by atomic mass is 10.1. The van der Waals surface area contributed by atoms with E-state index in [2.05, 4.69) is 5.32 Å². The molecule has 0 saturated carbocycles. The van der Waals surface area contributed by atoms with Crippen molar-refractivity contribution in [3.8, 4) is 5.75 Å². The Morgan fingerprint density at radius 3 is 3.06 bits per heavy atom. The maximum absolute atomic E-state index is 11.9. The van der Waals surface area contributed by atoms with E-state index in [1.165, 1.54) is 6.42 Å². The van der Waals surface area contributed by atoms with Crippen LogP contribution in [0.3, 0.4) is 0 Å². The van der Waals surface area contributed by atoms with Gasteiger partial charge in [0.05, 0.1) is 5.25 Å². The molecule has 0 aliphatic carbocycles. The van der Waals surface area contributed by atoms with Gasteiger partial charge in [-0.25, -0.2) is 0 Å². The van der Waals surface area contributed by atoms with E-state index in [4.69, 9.17) is 0 Å². The SMILES string of the molecule is O=C(NCc1cccc(O)c1)C1CCCCS1. The van der Waals surface area contributed by atoms with Gasteiger partial charge in [0.15, 0.2) is 0 Å². The lowest BCUT2D eigenvalue weighted by Crippen LogP contribution is -2.33. The van der Waals surface area contributed by atoms with E-state index >= 15 is 0 Å². The van der Waals surface area contributed by atoms with Crippen LogP contribution in [0.5, 0.6) is 5.75 Å². The number of carbonyl (C=O) groups is 1. The van der Waals surface area contributed by atoms with E-state index < -0.39 is 0 Å². The van der Waals surface area contributed by atoms with Crippen LogP contribution in [0.4, 0.5) is 0 Å². The first-order valence-electron chi connectivity index (χ1n) is 5.93. The number of benzene rings is 1. The summed E-state index contributed by atoms with van der Waals surface area (Å²) in [7, 11) is 0. The Morgan fingerprint density at radius 1 is 1.47 bits per heavy atom. The van der Waals surface area contributed by atoms with Crippen molar-refractivity contribution in [1.82, 2.24) is 5.32 Å². The van der Waals surface area contributed by atoms with E-state index in [0.29, 0.717) is 6.54 Å². The van der Waals surface area contributed by atoms with Crippen molar-refractivity contribution in [2.24, 2.45) is 0 Å². The zero-order valence-electron chi connectivity index (χ0n) is 9.69. The molecular formula is C13H17NO2S. The third-order valence-electron chi connectivity index (χ3n) is 2.85. The van der Waals surface area contributed by atoms with Gasteiger partial charge in [-0.3, -0.25) is 4.79 Å². The van der Waals surface area contributed by atoms with E-state index in [0.717, 1.165) is 24.2 Å². The Morgan fingerprint density at radius 2 is 2.35 bits per heavy atom. The first kappa shape index (κ1) is 12.3. The Labute approximate surface area is 106 Å². The number of amides is 1. The van der Waals surface area contributed by atoms with Crippen LogP contribution < -0.4 is 5.32 Å². The molecule has 1 fully saturated rings. The molecule has 1 amide bonds. The molecule has 1 aliphatic heterocycles. The van der Waals surface area contributed by atoms with Crippen molar-refractivity contribution < 1.29 is 9.90 Å². The monoisotopic (exact) mass is 251 g/mol. The van der Waals surface area contributed by atoms with Crippen molar-refractivity contribution in [3.63, 3.8) is 0 Å². The molecule has 0 spiro atoms. The number of phenols is 1. The highest BCUT2D eigenvalue weighted by molar-refractivity contribution is 8.00. The molecule has 1 aromatic rings.